The molecule has 2 aromatic carbocycles. The average Bonchev–Trinajstić information content (AvgIpc) is 2.87. The molecule has 1 fully saturated rings. The van der Waals surface area contributed by atoms with Crippen molar-refractivity contribution in [1.29, 1.82) is 0 Å². The Hall–Kier alpha value is -3.15. The van der Waals surface area contributed by atoms with Gasteiger partial charge in [0.05, 0.1) is 12.6 Å². The second-order valence-corrected chi connectivity index (χ2v) is 6.79. The third kappa shape index (κ3) is 4.53. The zero-order valence-corrected chi connectivity index (χ0v) is 15.4. The van der Waals surface area contributed by atoms with Gasteiger partial charge in [-0.05, 0) is 36.8 Å². The number of aryl methyl sites for hydroxylation is 1. The van der Waals surface area contributed by atoms with Crippen molar-refractivity contribution in [1.82, 2.24) is 0 Å². The van der Waals surface area contributed by atoms with Crippen molar-refractivity contribution in [3.8, 4) is 0 Å². The van der Waals surface area contributed by atoms with Crippen LogP contribution >= 0.6 is 0 Å². The lowest BCUT2D eigenvalue weighted by Crippen LogP contribution is -2.29. The number of cyclic esters (lactones) is 1. The third-order valence-electron chi connectivity index (χ3n) is 4.02. The molecule has 0 atom stereocenters. The third-order valence-corrected chi connectivity index (χ3v) is 4.02. The Balaban J connectivity index is 1.91. The average molecular weight is 369 g/mol. The molecule has 5 nitrogen and oxygen atoms in total. The van der Waals surface area contributed by atoms with Gasteiger partial charge in [-0.3, -0.25) is 4.79 Å². The van der Waals surface area contributed by atoms with Crippen LogP contribution in [-0.4, -0.2) is 17.7 Å². The predicted octanol–water partition coefficient (Wildman–Crippen LogP) is 3.86. The van der Waals surface area contributed by atoms with Crippen molar-refractivity contribution in [3.05, 3.63) is 77.3 Å². The normalized spacial score (nSPS) is 16.7. The number of hydrogen-bond donors (Lipinski definition) is 0. The van der Waals surface area contributed by atoms with Crippen molar-refractivity contribution in [2.24, 2.45) is 0 Å². The first-order valence-corrected chi connectivity index (χ1v) is 8.50. The van der Waals surface area contributed by atoms with Crippen LogP contribution in [0.1, 0.15) is 25.0 Å². The van der Waals surface area contributed by atoms with Gasteiger partial charge in [0.1, 0.15) is 5.82 Å². The van der Waals surface area contributed by atoms with Gasteiger partial charge in [0.25, 0.3) is 5.91 Å². The molecular weight excluding hydrogens is 349 g/mol. The summed E-state index contributed by atoms with van der Waals surface area (Å²) in [4.78, 5) is 26.2. The minimum absolute atomic E-state index is 0.152. The van der Waals surface area contributed by atoms with Crippen LogP contribution in [0.5, 0.6) is 0 Å². The van der Waals surface area contributed by atoms with Gasteiger partial charge in [0.2, 0.25) is 11.5 Å². The number of nitrogens with zero attached hydrogens (tertiary/aromatic N) is 1. The summed E-state index contributed by atoms with van der Waals surface area (Å²) in [6.07, 6.45) is 1.11. The summed E-state index contributed by atoms with van der Waals surface area (Å²) in [5.74, 6) is -2.82. The molecule has 27 heavy (non-hydrogen) atoms. The number of benzene rings is 2. The molecule has 1 aliphatic rings. The molecule has 0 unspecified atom stereocenters. The summed E-state index contributed by atoms with van der Waals surface area (Å²) in [7, 11) is 0. The van der Waals surface area contributed by atoms with Crippen molar-refractivity contribution < 1.29 is 23.5 Å². The molecule has 2 aromatic rings. The molecule has 6 heteroatoms. The van der Waals surface area contributed by atoms with Gasteiger partial charge in [0.15, 0.2) is 0 Å². The van der Waals surface area contributed by atoms with Crippen LogP contribution in [0.15, 0.2) is 60.4 Å². The lowest BCUT2D eigenvalue weighted by Gasteiger charge is -2.22. The molecule has 1 heterocycles. The van der Waals surface area contributed by atoms with Crippen LogP contribution in [0, 0.1) is 12.7 Å². The van der Waals surface area contributed by atoms with Crippen LogP contribution in [0.25, 0.3) is 0 Å². The number of halogens is 1. The Morgan fingerprint density at radius 1 is 1.07 bits per heavy atom. The Bertz CT molecular complexity index is 885. The summed E-state index contributed by atoms with van der Waals surface area (Å²) in [6.45, 7) is 5.40. The van der Waals surface area contributed by atoms with E-state index < -0.39 is 23.5 Å². The zero-order valence-electron chi connectivity index (χ0n) is 15.4. The second kappa shape index (κ2) is 7.23. The first-order valence-electron chi connectivity index (χ1n) is 8.50. The van der Waals surface area contributed by atoms with Crippen molar-refractivity contribution in [2.45, 2.75) is 33.1 Å². The van der Waals surface area contributed by atoms with E-state index in [0.29, 0.717) is 5.69 Å². The van der Waals surface area contributed by atoms with Gasteiger partial charge in [-0.25, -0.2) is 9.18 Å². The molecule has 1 amide bonds. The fourth-order valence-corrected chi connectivity index (χ4v) is 2.67. The number of amides is 1. The maximum absolute atomic E-state index is 13.3. The number of carbonyl (C=O) groups excluding carboxylic acids is 2. The van der Waals surface area contributed by atoms with Crippen molar-refractivity contribution in [3.63, 3.8) is 0 Å². The van der Waals surface area contributed by atoms with E-state index in [0.717, 1.165) is 17.2 Å². The van der Waals surface area contributed by atoms with Crippen molar-refractivity contribution in [2.75, 3.05) is 4.90 Å². The highest BCUT2D eigenvalue weighted by Crippen LogP contribution is 2.27. The van der Waals surface area contributed by atoms with E-state index in [1.807, 2.05) is 31.2 Å². The minimum Gasteiger partial charge on any atom is -0.445 e. The van der Waals surface area contributed by atoms with E-state index in [2.05, 4.69) is 0 Å². The molecule has 140 valence electrons. The Morgan fingerprint density at radius 2 is 1.70 bits per heavy atom. The number of anilines is 1. The number of hydrogen-bond acceptors (Lipinski definition) is 4. The van der Waals surface area contributed by atoms with E-state index in [4.69, 9.17) is 9.47 Å². The molecule has 0 N–H and O–H groups in total. The molecule has 0 radical (unpaired) electrons. The number of ether oxygens (including phenoxy) is 2. The SMILES string of the molecule is Cc1ccc(CN(C(=O)/C=C2\OC(C)(C)OC2=O)c2ccc(F)cc2)cc1. The zero-order chi connectivity index (χ0) is 19.6. The number of carbonyl (C=O) groups is 2. The predicted molar refractivity (Wildman–Crippen MR) is 98.1 cm³/mol. The maximum atomic E-state index is 13.3. The molecular formula is C21H20FNO4. The number of esters is 1. The van der Waals surface area contributed by atoms with Crippen LogP contribution in [0.2, 0.25) is 0 Å². The first kappa shape index (κ1) is 18.6. The summed E-state index contributed by atoms with van der Waals surface area (Å²) in [5.41, 5.74) is 2.50. The van der Waals surface area contributed by atoms with E-state index in [9.17, 15) is 14.0 Å². The lowest BCUT2D eigenvalue weighted by molar-refractivity contribution is -0.159. The summed E-state index contributed by atoms with van der Waals surface area (Å²) < 4.78 is 23.7. The quantitative estimate of drug-likeness (QED) is 0.607. The summed E-state index contributed by atoms with van der Waals surface area (Å²) in [5, 5.41) is 0. The Morgan fingerprint density at radius 3 is 2.26 bits per heavy atom. The summed E-state index contributed by atoms with van der Waals surface area (Å²) >= 11 is 0. The van der Waals surface area contributed by atoms with Gasteiger partial charge in [0, 0.05) is 19.5 Å². The molecule has 0 bridgehead atoms. The van der Waals surface area contributed by atoms with Gasteiger partial charge < -0.3 is 14.4 Å². The van der Waals surface area contributed by atoms with Gasteiger partial charge in [-0.15, -0.1) is 0 Å². The fourth-order valence-electron chi connectivity index (χ4n) is 2.67. The fraction of sp³-hybridized carbons (Fsp3) is 0.238. The van der Waals surface area contributed by atoms with Crippen LogP contribution in [-0.2, 0) is 25.6 Å². The molecule has 1 aliphatic heterocycles. The molecule has 0 spiro atoms. The van der Waals surface area contributed by atoms with Gasteiger partial charge in [-0.1, -0.05) is 29.8 Å². The molecule has 3 rings (SSSR count). The smallest absolute Gasteiger partial charge is 0.377 e. The van der Waals surface area contributed by atoms with E-state index in [1.54, 1.807) is 13.8 Å². The van der Waals surface area contributed by atoms with Crippen LogP contribution in [0.4, 0.5) is 10.1 Å². The molecule has 0 aromatic heterocycles. The van der Waals surface area contributed by atoms with Crippen LogP contribution in [0.3, 0.4) is 0 Å². The monoisotopic (exact) mass is 369 g/mol. The first-order chi connectivity index (χ1) is 12.7. The highest BCUT2D eigenvalue weighted by molar-refractivity contribution is 6.05. The highest BCUT2D eigenvalue weighted by Gasteiger charge is 2.38. The topological polar surface area (TPSA) is 55.8 Å². The van der Waals surface area contributed by atoms with E-state index in [1.165, 1.54) is 29.2 Å². The van der Waals surface area contributed by atoms with Crippen LogP contribution < -0.4 is 4.90 Å². The highest BCUT2D eigenvalue weighted by atomic mass is 19.1. The lowest BCUT2D eigenvalue weighted by atomic mass is 10.1. The molecule has 0 saturated carbocycles. The van der Waals surface area contributed by atoms with Gasteiger partial charge >= 0.3 is 5.97 Å². The molecule has 0 aliphatic carbocycles. The largest absolute Gasteiger partial charge is 0.445 e. The van der Waals surface area contributed by atoms with Crippen molar-refractivity contribution >= 4 is 17.6 Å². The molecule has 1 saturated heterocycles. The van der Waals surface area contributed by atoms with E-state index in [-0.39, 0.29) is 12.3 Å². The van der Waals surface area contributed by atoms with Gasteiger partial charge in [-0.2, -0.15) is 0 Å². The number of rotatable bonds is 4. The second-order valence-electron chi connectivity index (χ2n) is 6.79. The maximum Gasteiger partial charge on any atom is 0.377 e. The minimum atomic E-state index is -1.11. The van der Waals surface area contributed by atoms with E-state index >= 15 is 0 Å². The Kier molecular flexibility index (Phi) is 4.99. The standard InChI is InChI=1S/C21H20FNO4/c1-14-4-6-15(7-5-14)13-23(17-10-8-16(22)9-11-17)19(24)12-18-20(25)27-21(2,3)26-18/h4-12H,13H2,1-3H3/b18-12-. The summed E-state index contributed by atoms with van der Waals surface area (Å²) in [6, 6.07) is 13.3. The Labute approximate surface area is 157 Å².